The van der Waals surface area contributed by atoms with E-state index < -0.39 is 11.6 Å². The first kappa shape index (κ1) is 24.4. The number of rotatable bonds is 7. The fourth-order valence-electron chi connectivity index (χ4n) is 3.47. The lowest BCUT2D eigenvalue weighted by Gasteiger charge is -2.33. The Balaban J connectivity index is 1.90. The number of halogens is 1. The minimum Gasteiger partial charge on any atom is -0.350 e. The summed E-state index contributed by atoms with van der Waals surface area (Å²) >= 11 is 5.94. The van der Waals surface area contributed by atoms with E-state index in [2.05, 4.69) is 20.7 Å². The largest absolute Gasteiger partial charge is 0.350 e. The number of benzene rings is 2. The summed E-state index contributed by atoms with van der Waals surface area (Å²) < 4.78 is 0. The minimum atomic E-state index is -0.683. The van der Waals surface area contributed by atoms with E-state index in [0.29, 0.717) is 23.0 Å². The molecule has 2 amide bonds. The number of nitrogens with one attached hydrogen (secondary N) is 1. The molecule has 0 radical (unpaired) electrons. The molecule has 1 N–H and O–H groups in total. The van der Waals surface area contributed by atoms with Crippen LogP contribution in [-0.4, -0.2) is 43.6 Å². The van der Waals surface area contributed by atoms with Crippen molar-refractivity contribution in [1.82, 2.24) is 25.5 Å². The molecule has 8 nitrogen and oxygen atoms in total. The van der Waals surface area contributed by atoms with Crippen LogP contribution in [0.5, 0.6) is 0 Å². The average Bonchev–Trinajstić information content (AvgIpc) is 3.20. The van der Waals surface area contributed by atoms with E-state index in [1.807, 2.05) is 58.9 Å². The van der Waals surface area contributed by atoms with Crippen LogP contribution in [0.4, 0.5) is 5.69 Å². The summed E-state index contributed by atoms with van der Waals surface area (Å²) in [6.45, 7) is 9.38. The number of nitrogens with zero attached hydrogens (tertiary/aromatic N) is 5. The standard InChI is InChI=1S/C24H29ClN6O2/c1-6-19(23(33)26-24(3,4)5)31(20-10-8-7-9-16(20)2)21(32)15-30-28-22(27-29-30)17-11-13-18(25)14-12-17/h7-14,19H,6,15H2,1-5H3,(H,26,33)/t19-/m1/s1. The highest BCUT2D eigenvalue weighted by atomic mass is 35.5. The first-order chi connectivity index (χ1) is 15.6. The number of anilines is 1. The van der Waals surface area contributed by atoms with Crippen LogP contribution in [0.3, 0.4) is 0 Å². The SMILES string of the molecule is CC[C@H](C(=O)NC(C)(C)C)N(C(=O)Cn1nnc(-c2ccc(Cl)cc2)n1)c1ccccc1C. The smallest absolute Gasteiger partial charge is 0.251 e. The minimum absolute atomic E-state index is 0.159. The molecule has 0 bridgehead atoms. The summed E-state index contributed by atoms with van der Waals surface area (Å²) in [6.07, 6.45) is 0.447. The number of aromatic nitrogens is 4. The lowest BCUT2D eigenvalue weighted by Crippen LogP contribution is -2.54. The number of amides is 2. The van der Waals surface area contributed by atoms with Crippen molar-refractivity contribution in [3.63, 3.8) is 0 Å². The van der Waals surface area contributed by atoms with Crippen molar-refractivity contribution < 1.29 is 9.59 Å². The highest BCUT2D eigenvalue weighted by Crippen LogP contribution is 2.24. The van der Waals surface area contributed by atoms with Crippen molar-refractivity contribution in [1.29, 1.82) is 0 Å². The zero-order chi connectivity index (χ0) is 24.2. The molecule has 1 aromatic heterocycles. The third kappa shape index (κ3) is 6.16. The van der Waals surface area contributed by atoms with Gasteiger partial charge in [-0.05, 0) is 75.2 Å². The molecular formula is C24H29ClN6O2. The highest BCUT2D eigenvalue weighted by Gasteiger charge is 2.32. The van der Waals surface area contributed by atoms with Crippen LogP contribution in [0, 0.1) is 6.92 Å². The number of tetrazole rings is 1. The molecule has 0 saturated carbocycles. The third-order valence-electron chi connectivity index (χ3n) is 4.97. The van der Waals surface area contributed by atoms with E-state index in [9.17, 15) is 9.59 Å². The Morgan fingerprint density at radius 2 is 1.79 bits per heavy atom. The molecule has 9 heteroatoms. The quantitative estimate of drug-likeness (QED) is 0.565. The van der Waals surface area contributed by atoms with Crippen LogP contribution < -0.4 is 10.2 Å². The Bertz CT molecular complexity index is 1120. The number of aryl methyl sites for hydroxylation is 1. The van der Waals surface area contributed by atoms with Gasteiger partial charge in [0.15, 0.2) is 0 Å². The molecule has 2 aromatic carbocycles. The lowest BCUT2D eigenvalue weighted by atomic mass is 10.0. The van der Waals surface area contributed by atoms with Crippen molar-refractivity contribution in [2.75, 3.05) is 4.90 Å². The summed E-state index contributed by atoms with van der Waals surface area (Å²) in [5.41, 5.74) is 1.88. The van der Waals surface area contributed by atoms with E-state index in [4.69, 9.17) is 11.6 Å². The predicted octanol–water partition coefficient (Wildman–Crippen LogP) is 4.03. The van der Waals surface area contributed by atoms with Crippen molar-refractivity contribution in [3.8, 4) is 11.4 Å². The number of hydrogen-bond donors (Lipinski definition) is 1. The van der Waals surface area contributed by atoms with Gasteiger partial charge < -0.3 is 5.32 Å². The van der Waals surface area contributed by atoms with Crippen LogP contribution >= 0.6 is 11.6 Å². The molecule has 0 fully saturated rings. The van der Waals surface area contributed by atoms with E-state index in [0.717, 1.165) is 11.1 Å². The number of carbonyl (C=O) groups excluding carboxylic acids is 2. The first-order valence-electron chi connectivity index (χ1n) is 10.8. The monoisotopic (exact) mass is 468 g/mol. The Kier molecular flexibility index (Phi) is 7.48. The molecule has 33 heavy (non-hydrogen) atoms. The molecule has 174 valence electrons. The summed E-state index contributed by atoms with van der Waals surface area (Å²) in [6, 6.07) is 13.9. The number of carbonyl (C=O) groups is 2. The molecule has 0 aliphatic rings. The van der Waals surface area contributed by atoms with Crippen LogP contribution in [0.1, 0.15) is 39.7 Å². The summed E-state index contributed by atoms with van der Waals surface area (Å²) in [5, 5.41) is 16.0. The van der Waals surface area contributed by atoms with Gasteiger partial charge in [0, 0.05) is 21.8 Å². The first-order valence-corrected chi connectivity index (χ1v) is 11.2. The van der Waals surface area contributed by atoms with Crippen molar-refractivity contribution in [2.24, 2.45) is 0 Å². The second kappa shape index (κ2) is 10.1. The topological polar surface area (TPSA) is 93.0 Å². The zero-order valence-electron chi connectivity index (χ0n) is 19.5. The second-order valence-electron chi connectivity index (χ2n) is 8.86. The Morgan fingerprint density at radius 3 is 2.39 bits per heavy atom. The molecule has 0 aliphatic carbocycles. The predicted molar refractivity (Wildman–Crippen MR) is 129 cm³/mol. The Morgan fingerprint density at radius 1 is 1.12 bits per heavy atom. The fraction of sp³-hybridized carbons (Fsp3) is 0.375. The summed E-state index contributed by atoms with van der Waals surface area (Å²) in [4.78, 5) is 29.4. The molecule has 0 unspecified atom stereocenters. The number of para-hydroxylation sites is 1. The van der Waals surface area contributed by atoms with Gasteiger partial charge in [-0.1, -0.05) is 36.7 Å². The summed E-state index contributed by atoms with van der Waals surface area (Å²) in [5.74, 6) is -0.130. The van der Waals surface area contributed by atoms with Crippen molar-refractivity contribution >= 4 is 29.1 Å². The molecule has 0 saturated heterocycles. The van der Waals surface area contributed by atoms with E-state index in [1.165, 1.54) is 4.80 Å². The van der Waals surface area contributed by atoms with E-state index >= 15 is 0 Å². The molecule has 1 atom stereocenters. The second-order valence-corrected chi connectivity index (χ2v) is 9.30. The van der Waals surface area contributed by atoms with Crippen molar-refractivity contribution in [3.05, 3.63) is 59.1 Å². The maximum atomic E-state index is 13.5. The molecule has 3 rings (SSSR count). The molecule has 0 aliphatic heterocycles. The molecule has 0 spiro atoms. The maximum Gasteiger partial charge on any atom is 0.251 e. The van der Waals surface area contributed by atoms with E-state index in [-0.39, 0.29) is 18.4 Å². The maximum absolute atomic E-state index is 13.5. The van der Waals surface area contributed by atoms with Crippen LogP contribution in [0.15, 0.2) is 48.5 Å². The molecule has 3 aromatic rings. The van der Waals surface area contributed by atoms with Gasteiger partial charge in [0.05, 0.1) is 0 Å². The van der Waals surface area contributed by atoms with Gasteiger partial charge >= 0.3 is 0 Å². The van der Waals surface area contributed by atoms with Crippen LogP contribution in [0.25, 0.3) is 11.4 Å². The third-order valence-corrected chi connectivity index (χ3v) is 5.23. The average molecular weight is 469 g/mol. The Hall–Kier alpha value is -3.26. The van der Waals surface area contributed by atoms with Gasteiger partial charge in [-0.2, -0.15) is 4.80 Å². The van der Waals surface area contributed by atoms with Crippen LogP contribution in [-0.2, 0) is 16.1 Å². The number of hydrogen-bond acceptors (Lipinski definition) is 5. The van der Waals surface area contributed by atoms with Gasteiger partial charge in [0.2, 0.25) is 11.7 Å². The van der Waals surface area contributed by atoms with Gasteiger partial charge in [-0.25, -0.2) is 0 Å². The van der Waals surface area contributed by atoms with Crippen molar-refractivity contribution in [2.45, 2.75) is 59.2 Å². The summed E-state index contributed by atoms with van der Waals surface area (Å²) in [7, 11) is 0. The normalized spacial score (nSPS) is 12.3. The lowest BCUT2D eigenvalue weighted by molar-refractivity contribution is -0.128. The van der Waals surface area contributed by atoms with E-state index in [1.54, 1.807) is 29.2 Å². The fourth-order valence-corrected chi connectivity index (χ4v) is 3.60. The Labute approximate surface area is 198 Å². The van der Waals surface area contributed by atoms with Gasteiger partial charge in [0.25, 0.3) is 5.91 Å². The van der Waals surface area contributed by atoms with Gasteiger partial charge in [0.1, 0.15) is 12.6 Å². The highest BCUT2D eigenvalue weighted by molar-refractivity contribution is 6.30. The molecular weight excluding hydrogens is 440 g/mol. The molecule has 1 heterocycles. The van der Waals surface area contributed by atoms with Gasteiger partial charge in [-0.3, -0.25) is 14.5 Å². The van der Waals surface area contributed by atoms with Gasteiger partial charge in [-0.15, -0.1) is 10.2 Å². The zero-order valence-corrected chi connectivity index (χ0v) is 20.3. The van der Waals surface area contributed by atoms with Crippen LogP contribution in [0.2, 0.25) is 5.02 Å².